The van der Waals surface area contributed by atoms with E-state index in [1.165, 1.54) is 12.3 Å². The Bertz CT molecular complexity index is 531. The lowest BCUT2D eigenvalue weighted by molar-refractivity contribution is -0.158. The molecule has 0 aromatic carbocycles. The van der Waals surface area contributed by atoms with Crippen LogP contribution in [0.15, 0.2) is 22.8 Å². The third-order valence-electron chi connectivity index (χ3n) is 4.34. The van der Waals surface area contributed by atoms with Gasteiger partial charge < -0.3 is 13.9 Å². The second-order valence-electron chi connectivity index (χ2n) is 8.28. The summed E-state index contributed by atoms with van der Waals surface area (Å²) in [7, 11) is 0. The van der Waals surface area contributed by atoms with Crippen molar-refractivity contribution in [2.75, 3.05) is 13.2 Å². The number of esters is 2. The van der Waals surface area contributed by atoms with Crippen molar-refractivity contribution in [3.05, 3.63) is 24.2 Å². The molecule has 1 aromatic heterocycles. The molecule has 2 atom stereocenters. The van der Waals surface area contributed by atoms with E-state index in [4.69, 9.17) is 13.9 Å². The van der Waals surface area contributed by atoms with Crippen LogP contribution in [0.1, 0.15) is 59.0 Å². The number of furan rings is 1. The van der Waals surface area contributed by atoms with E-state index < -0.39 is 5.97 Å². The first-order valence-corrected chi connectivity index (χ1v) is 8.32. The van der Waals surface area contributed by atoms with Crippen LogP contribution in [0.3, 0.4) is 0 Å². The minimum Gasteiger partial charge on any atom is -0.462 e. The molecule has 136 valence electrons. The van der Waals surface area contributed by atoms with Gasteiger partial charge in [0.25, 0.3) is 0 Å². The Morgan fingerprint density at radius 2 is 1.62 bits per heavy atom. The zero-order valence-electron chi connectivity index (χ0n) is 15.8. The summed E-state index contributed by atoms with van der Waals surface area (Å²) in [6.07, 6.45) is 1.40. The van der Waals surface area contributed by atoms with Crippen molar-refractivity contribution < 1.29 is 23.5 Å². The molecule has 0 amide bonds. The molecule has 0 bridgehead atoms. The average molecular weight is 338 g/mol. The van der Waals surface area contributed by atoms with Crippen molar-refractivity contribution in [3.63, 3.8) is 0 Å². The van der Waals surface area contributed by atoms with Crippen LogP contribution < -0.4 is 0 Å². The summed E-state index contributed by atoms with van der Waals surface area (Å²) < 4.78 is 15.3. The van der Waals surface area contributed by atoms with E-state index in [9.17, 15) is 9.59 Å². The third kappa shape index (κ3) is 5.69. The van der Waals surface area contributed by atoms with Crippen LogP contribution >= 0.6 is 0 Å². The molecule has 2 unspecified atom stereocenters. The Morgan fingerprint density at radius 3 is 2.08 bits per heavy atom. The molecule has 0 saturated heterocycles. The summed E-state index contributed by atoms with van der Waals surface area (Å²) in [5.74, 6) is -0.769. The average Bonchev–Trinajstić information content (AvgIpc) is 2.95. The summed E-state index contributed by atoms with van der Waals surface area (Å²) in [5.41, 5.74) is -0.225. The highest BCUT2D eigenvalue weighted by atomic mass is 16.6. The molecule has 0 aliphatic rings. The van der Waals surface area contributed by atoms with Crippen molar-refractivity contribution >= 4 is 11.9 Å². The summed E-state index contributed by atoms with van der Waals surface area (Å²) in [5, 5.41) is 0. The highest BCUT2D eigenvalue weighted by Crippen LogP contribution is 2.41. The molecule has 0 aliphatic heterocycles. The van der Waals surface area contributed by atoms with E-state index in [2.05, 4.69) is 27.7 Å². The Hall–Kier alpha value is -1.78. The lowest BCUT2D eigenvalue weighted by Gasteiger charge is -2.40. The highest BCUT2D eigenvalue weighted by Gasteiger charge is 2.41. The third-order valence-corrected chi connectivity index (χ3v) is 4.34. The molecular weight excluding hydrogens is 308 g/mol. The van der Waals surface area contributed by atoms with Gasteiger partial charge in [0.1, 0.15) is 13.2 Å². The molecule has 1 heterocycles. The summed E-state index contributed by atoms with van der Waals surface area (Å²) in [6, 6.07) is 3.13. The van der Waals surface area contributed by atoms with Crippen LogP contribution in [0.4, 0.5) is 0 Å². The predicted molar refractivity (Wildman–Crippen MR) is 91.5 cm³/mol. The largest absolute Gasteiger partial charge is 0.462 e. The predicted octanol–water partition coefficient (Wildman–Crippen LogP) is 4.32. The molecular formula is C19H30O5. The number of carbonyl (C=O) groups is 2. The normalized spacial score (nSPS) is 14.8. The Labute approximate surface area is 144 Å². The number of ether oxygens (including phenoxy) is 2. The van der Waals surface area contributed by atoms with Crippen molar-refractivity contribution in [2.45, 2.75) is 48.5 Å². The zero-order valence-corrected chi connectivity index (χ0v) is 15.8. The Morgan fingerprint density at radius 1 is 1.04 bits per heavy atom. The second kappa shape index (κ2) is 7.86. The van der Waals surface area contributed by atoms with Crippen LogP contribution in [0.2, 0.25) is 0 Å². The van der Waals surface area contributed by atoms with Crippen LogP contribution in [0.5, 0.6) is 0 Å². The van der Waals surface area contributed by atoms with Gasteiger partial charge in [-0.05, 0) is 28.9 Å². The molecule has 5 nitrogen and oxygen atoms in total. The fraction of sp³-hybridized carbons (Fsp3) is 0.684. The van der Waals surface area contributed by atoms with Gasteiger partial charge in [0.15, 0.2) is 0 Å². The molecule has 0 N–H and O–H groups in total. The van der Waals surface area contributed by atoms with Gasteiger partial charge in [-0.3, -0.25) is 4.79 Å². The first-order chi connectivity index (χ1) is 10.9. The van der Waals surface area contributed by atoms with Crippen molar-refractivity contribution in [1.29, 1.82) is 0 Å². The monoisotopic (exact) mass is 338 g/mol. The van der Waals surface area contributed by atoms with Crippen molar-refractivity contribution in [1.82, 2.24) is 0 Å². The van der Waals surface area contributed by atoms with E-state index in [-0.39, 0.29) is 47.6 Å². The standard InChI is InChI=1S/C19H30O5/c1-13(18(2,3)4)15(19(5,6)7)17(21)24-12-11-23-16(20)14-9-8-10-22-14/h8-10,13,15H,11-12H2,1-7H3. The van der Waals surface area contributed by atoms with Crippen LogP contribution in [-0.4, -0.2) is 25.2 Å². The lowest BCUT2D eigenvalue weighted by Crippen LogP contribution is -2.40. The maximum absolute atomic E-state index is 12.6. The molecule has 24 heavy (non-hydrogen) atoms. The van der Waals surface area contributed by atoms with E-state index in [0.717, 1.165) is 0 Å². The molecule has 0 aliphatic carbocycles. The molecule has 0 spiro atoms. The van der Waals surface area contributed by atoms with Gasteiger partial charge in [-0.1, -0.05) is 48.5 Å². The van der Waals surface area contributed by atoms with E-state index in [1.807, 2.05) is 20.8 Å². The number of carbonyl (C=O) groups excluding carboxylic acids is 2. The quantitative estimate of drug-likeness (QED) is 0.571. The number of hydrogen-bond donors (Lipinski definition) is 0. The summed E-state index contributed by atoms with van der Waals surface area (Å²) in [4.78, 5) is 24.2. The van der Waals surface area contributed by atoms with Gasteiger partial charge >= 0.3 is 11.9 Å². The second-order valence-corrected chi connectivity index (χ2v) is 8.28. The number of rotatable bonds is 6. The van der Waals surface area contributed by atoms with Crippen molar-refractivity contribution in [3.8, 4) is 0 Å². The number of hydrogen-bond acceptors (Lipinski definition) is 5. The smallest absolute Gasteiger partial charge is 0.374 e. The van der Waals surface area contributed by atoms with Crippen LogP contribution in [-0.2, 0) is 14.3 Å². The minimum absolute atomic E-state index is 0.00599. The minimum atomic E-state index is -0.563. The summed E-state index contributed by atoms with van der Waals surface area (Å²) in [6.45, 7) is 14.6. The first kappa shape index (κ1) is 20.3. The molecule has 1 rings (SSSR count). The zero-order chi connectivity index (χ0) is 18.5. The fourth-order valence-electron chi connectivity index (χ4n) is 2.64. The molecule has 0 fully saturated rings. The molecule has 0 radical (unpaired) electrons. The first-order valence-electron chi connectivity index (χ1n) is 8.32. The van der Waals surface area contributed by atoms with E-state index in [0.29, 0.717) is 0 Å². The van der Waals surface area contributed by atoms with Gasteiger partial charge in [-0.25, -0.2) is 4.79 Å². The highest BCUT2D eigenvalue weighted by molar-refractivity contribution is 5.86. The Balaban J connectivity index is 2.55. The van der Waals surface area contributed by atoms with E-state index in [1.54, 1.807) is 6.07 Å². The van der Waals surface area contributed by atoms with Gasteiger partial charge in [-0.15, -0.1) is 0 Å². The molecule has 1 aromatic rings. The van der Waals surface area contributed by atoms with Gasteiger partial charge in [0.05, 0.1) is 12.2 Å². The fourth-order valence-corrected chi connectivity index (χ4v) is 2.64. The SMILES string of the molecule is CC(C(C(=O)OCCOC(=O)c1ccco1)C(C)(C)C)C(C)(C)C. The lowest BCUT2D eigenvalue weighted by atomic mass is 9.65. The van der Waals surface area contributed by atoms with Crippen molar-refractivity contribution in [2.24, 2.45) is 22.7 Å². The maximum Gasteiger partial charge on any atom is 0.374 e. The van der Waals surface area contributed by atoms with Gasteiger partial charge in [0.2, 0.25) is 5.76 Å². The van der Waals surface area contributed by atoms with Gasteiger partial charge in [0, 0.05) is 0 Å². The van der Waals surface area contributed by atoms with Crippen LogP contribution in [0.25, 0.3) is 0 Å². The maximum atomic E-state index is 12.6. The van der Waals surface area contributed by atoms with Gasteiger partial charge in [-0.2, -0.15) is 0 Å². The topological polar surface area (TPSA) is 65.7 Å². The Kier molecular flexibility index (Phi) is 6.64. The molecule has 0 saturated carbocycles. The van der Waals surface area contributed by atoms with E-state index >= 15 is 0 Å². The van der Waals surface area contributed by atoms with Crippen LogP contribution in [0, 0.1) is 22.7 Å². The summed E-state index contributed by atoms with van der Waals surface area (Å²) >= 11 is 0. The molecule has 5 heteroatoms.